The van der Waals surface area contributed by atoms with E-state index in [2.05, 4.69) is 37.1 Å². The number of aromatic nitrogens is 5. The van der Waals surface area contributed by atoms with Crippen molar-refractivity contribution in [1.29, 1.82) is 0 Å². The zero-order chi connectivity index (χ0) is 21.5. The lowest BCUT2D eigenvalue weighted by atomic mass is 10.0. The average Bonchev–Trinajstić information content (AvgIpc) is 3.15. The van der Waals surface area contributed by atoms with Gasteiger partial charge in [-0.1, -0.05) is 0 Å². The van der Waals surface area contributed by atoms with Gasteiger partial charge >= 0.3 is 0 Å². The standard InChI is InChI=1S/C22H22FN7O.2ClH/c1-28-5-7-30(8-6-28)20-4-3-18(25-26-20)22-19(31)11-15(12-24-22)14-9-16-13-29(2)27-21(16)17(23)10-14;;/h3-4,9-13,31H,5-8H2,1-2H3;2*1H. The number of hydrogen-bond donors (Lipinski definition) is 1. The topological polar surface area (TPSA) is 83.2 Å². The average molecular weight is 492 g/mol. The van der Waals surface area contributed by atoms with Crippen LogP contribution in [0.5, 0.6) is 5.75 Å². The molecule has 1 aromatic carbocycles. The number of rotatable bonds is 3. The van der Waals surface area contributed by atoms with Gasteiger partial charge in [0.2, 0.25) is 0 Å². The second-order valence-corrected chi connectivity index (χ2v) is 7.86. The summed E-state index contributed by atoms with van der Waals surface area (Å²) < 4.78 is 16.0. The van der Waals surface area contributed by atoms with E-state index >= 15 is 0 Å². The highest BCUT2D eigenvalue weighted by molar-refractivity contribution is 5.86. The van der Waals surface area contributed by atoms with Crippen molar-refractivity contribution >= 4 is 41.5 Å². The number of pyridine rings is 1. The molecule has 1 aliphatic heterocycles. The van der Waals surface area contributed by atoms with Gasteiger partial charge < -0.3 is 14.9 Å². The van der Waals surface area contributed by atoms with Gasteiger partial charge in [0.15, 0.2) is 11.6 Å². The SMILES string of the molecule is CN1CCN(c2ccc(-c3ncc(-c4cc(F)c5nn(C)cc5c4)cc3O)nn2)CC1.Cl.Cl. The van der Waals surface area contributed by atoms with E-state index in [-0.39, 0.29) is 30.6 Å². The second-order valence-electron chi connectivity index (χ2n) is 7.86. The Morgan fingerprint density at radius 3 is 2.36 bits per heavy atom. The number of fused-ring (bicyclic) bond motifs is 1. The van der Waals surface area contributed by atoms with Gasteiger partial charge in [-0.2, -0.15) is 5.10 Å². The van der Waals surface area contributed by atoms with E-state index in [1.54, 1.807) is 30.2 Å². The van der Waals surface area contributed by atoms with Gasteiger partial charge in [0.05, 0.1) is 0 Å². The third kappa shape index (κ3) is 4.85. The molecule has 11 heteroatoms. The van der Waals surface area contributed by atoms with Crippen LogP contribution in [0.1, 0.15) is 0 Å². The first-order chi connectivity index (χ1) is 15.0. The predicted molar refractivity (Wildman–Crippen MR) is 131 cm³/mol. The molecule has 33 heavy (non-hydrogen) atoms. The van der Waals surface area contributed by atoms with E-state index in [4.69, 9.17) is 0 Å². The zero-order valence-corrected chi connectivity index (χ0v) is 19.8. The van der Waals surface area contributed by atoms with E-state index in [1.165, 1.54) is 6.07 Å². The maximum absolute atomic E-state index is 14.4. The molecule has 8 nitrogen and oxygen atoms in total. The molecule has 5 rings (SSSR count). The molecular weight excluding hydrogens is 468 g/mol. The lowest BCUT2D eigenvalue weighted by Crippen LogP contribution is -2.44. The Morgan fingerprint density at radius 2 is 1.70 bits per heavy atom. The number of halogens is 3. The lowest BCUT2D eigenvalue weighted by Gasteiger charge is -2.32. The number of hydrogen-bond acceptors (Lipinski definition) is 7. The summed E-state index contributed by atoms with van der Waals surface area (Å²) in [6, 6.07) is 8.50. The Kier molecular flexibility index (Phi) is 7.36. The Balaban J connectivity index is 0.00000153. The number of likely N-dealkylation sites (N-methyl/N-ethyl adjacent to an activating group) is 1. The molecule has 4 heterocycles. The highest BCUT2D eigenvalue weighted by Crippen LogP contribution is 2.32. The summed E-state index contributed by atoms with van der Waals surface area (Å²) in [7, 11) is 3.85. The Labute approximate surface area is 202 Å². The van der Waals surface area contributed by atoms with Crippen LogP contribution >= 0.6 is 24.8 Å². The number of aromatic hydroxyl groups is 1. The minimum Gasteiger partial charge on any atom is -0.506 e. The summed E-state index contributed by atoms with van der Waals surface area (Å²) in [5, 5.41) is 24.0. The first-order valence-electron chi connectivity index (χ1n) is 10.1. The molecule has 174 valence electrons. The molecule has 0 saturated carbocycles. The number of aryl methyl sites for hydroxylation is 1. The molecule has 1 saturated heterocycles. The van der Waals surface area contributed by atoms with E-state index < -0.39 is 5.82 Å². The van der Waals surface area contributed by atoms with Crippen LogP contribution in [0.3, 0.4) is 0 Å². The fourth-order valence-electron chi connectivity index (χ4n) is 3.84. The zero-order valence-electron chi connectivity index (χ0n) is 18.1. The van der Waals surface area contributed by atoms with Crippen LogP contribution in [0.2, 0.25) is 0 Å². The lowest BCUT2D eigenvalue weighted by molar-refractivity contribution is 0.312. The molecule has 1 N–H and O–H groups in total. The summed E-state index contributed by atoms with van der Waals surface area (Å²) in [6.45, 7) is 3.78. The van der Waals surface area contributed by atoms with Gasteiger partial charge in [0.1, 0.15) is 22.7 Å². The fraction of sp³-hybridized carbons (Fsp3) is 0.273. The molecule has 3 aromatic heterocycles. The van der Waals surface area contributed by atoms with Gasteiger partial charge in [0.25, 0.3) is 0 Å². The Hall–Kier alpha value is -3.01. The maximum atomic E-state index is 14.4. The van der Waals surface area contributed by atoms with Gasteiger partial charge in [-0.05, 0) is 42.9 Å². The van der Waals surface area contributed by atoms with E-state index in [0.717, 1.165) is 32.0 Å². The first-order valence-corrected chi connectivity index (χ1v) is 10.1. The van der Waals surface area contributed by atoms with Crippen LogP contribution < -0.4 is 4.90 Å². The highest BCUT2D eigenvalue weighted by atomic mass is 35.5. The van der Waals surface area contributed by atoms with Crippen molar-refractivity contribution in [3.8, 4) is 28.3 Å². The minimum absolute atomic E-state index is 0. The largest absolute Gasteiger partial charge is 0.506 e. The Bertz CT molecular complexity index is 1260. The first kappa shape index (κ1) is 24.6. The molecule has 4 aromatic rings. The monoisotopic (exact) mass is 491 g/mol. The second kappa shape index (κ2) is 9.86. The quantitative estimate of drug-likeness (QED) is 0.469. The number of piperazine rings is 1. The van der Waals surface area contributed by atoms with Crippen molar-refractivity contribution in [2.45, 2.75) is 0 Å². The van der Waals surface area contributed by atoms with Crippen LogP contribution in [0.4, 0.5) is 10.2 Å². The summed E-state index contributed by atoms with van der Waals surface area (Å²) in [5.41, 5.74) is 2.35. The van der Waals surface area contributed by atoms with Gasteiger partial charge in [-0.25, -0.2) is 9.37 Å². The third-order valence-electron chi connectivity index (χ3n) is 5.60. The molecule has 0 aliphatic carbocycles. The fourth-order valence-corrected chi connectivity index (χ4v) is 3.84. The van der Waals surface area contributed by atoms with E-state index in [1.807, 2.05) is 18.2 Å². The molecule has 1 aliphatic rings. The molecule has 0 spiro atoms. The molecule has 1 fully saturated rings. The summed E-state index contributed by atoms with van der Waals surface area (Å²) in [5.74, 6) is 0.362. The van der Waals surface area contributed by atoms with Crippen molar-refractivity contribution in [3.63, 3.8) is 0 Å². The maximum Gasteiger partial charge on any atom is 0.151 e. The summed E-state index contributed by atoms with van der Waals surface area (Å²) in [4.78, 5) is 8.84. The normalized spacial score (nSPS) is 14.1. The molecule has 0 amide bonds. The van der Waals surface area contributed by atoms with Crippen molar-refractivity contribution in [2.75, 3.05) is 38.1 Å². The van der Waals surface area contributed by atoms with Crippen molar-refractivity contribution in [1.82, 2.24) is 29.9 Å². The van der Waals surface area contributed by atoms with Crippen LogP contribution in [0, 0.1) is 5.82 Å². The van der Waals surface area contributed by atoms with Crippen LogP contribution in [-0.4, -0.2) is 68.2 Å². The molecule has 0 bridgehead atoms. The van der Waals surface area contributed by atoms with Gasteiger partial charge in [0, 0.05) is 56.6 Å². The summed E-state index contributed by atoms with van der Waals surface area (Å²) >= 11 is 0. The van der Waals surface area contributed by atoms with Crippen LogP contribution in [0.25, 0.3) is 33.4 Å². The Morgan fingerprint density at radius 1 is 0.939 bits per heavy atom. The highest BCUT2D eigenvalue weighted by Gasteiger charge is 2.17. The third-order valence-corrected chi connectivity index (χ3v) is 5.60. The van der Waals surface area contributed by atoms with Crippen molar-refractivity contribution in [3.05, 3.63) is 48.5 Å². The molecule has 0 unspecified atom stereocenters. The van der Waals surface area contributed by atoms with Crippen molar-refractivity contribution in [2.24, 2.45) is 7.05 Å². The predicted octanol–water partition coefficient (Wildman–Crippen LogP) is 3.53. The van der Waals surface area contributed by atoms with Gasteiger partial charge in [-0.15, -0.1) is 35.0 Å². The van der Waals surface area contributed by atoms with Crippen LogP contribution in [0.15, 0.2) is 42.7 Å². The molecular formula is C22H24Cl2FN7O. The van der Waals surface area contributed by atoms with Crippen molar-refractivity contribution < 1.29 is 9.50 Å². The smallest absolute Gasteiger partial charge is 0.151 e. The van der Waals surface area contributed by atoms with E-state index in [9.17, 15) is 9.50 Å². The number of nitrogens with zero attached hydrogens (tertiary/aromatic N) is 7. The molecule has 0 radical (unpaired) electrons. The molecule has 0 atom stereocenters. The van der Waals surface area contributed by atoms with E-state index in [0.29, 0.717) is 33.4 Å². The number of anilines is 1. The summed E-state index contributed by atoms with van der Waals surface area (Å²) in [6.07, 6.45) is 3.35. The van der Waals surface area contributed by atoms with Crippen LogP contribution in [-0.2, 0) is 7.05 Å². The minimum atomic E-state index is -0.415. The number of benzene rings is 1. The van der Waals surface area contributed by atoms with Gasteiger partial charge in [-0.3, -0.25) is 4.68 Å².